The summed E-state index contributed by atoms with van der Waals surface area (Å²) in [5.41, 5.74) is 8.11. The zero-order chi connectivity index (χ0) is 12.3. The number of nitrogens with two attached hydrogens (primary N) is 1. The van der Waals surface area contributed by atoms with E-state index in [0.29, 0.717) is 11.4 Å². The lowest BCUT2D eigenvalue weighted by atomic mass is 10.1. The molecule has 0 bridgehead atoms. The van der Waals surface area contributed by atoms with Crippen LogP contribution in [0.3, 0.4) is 0 Å². The minimum atomic E-state index is -3.21. The van der Waals surface area contributed by atoms with Gasteiger partial charge in [-0.3, -0.25) is 4.31 Å². The van der Waals surface area contributed by atoms with Gasteiger partial charge in [-0.2, -0.15) is 0 Å². The molecule has 0 aromatic heterocycles. The van der Waals surface area contributed by atoms with E-state index < -0.39 is 10.0 Å². The first-order valence-electron chi connectivity index (χ1n) is 5.27. The van der Waals surface area contributed by atoms with Gasteiger partial charge in [-0.25, -0.2) is 8.42 Å². The minimum absolute atomic E-state index is 0.0823. The fraction of sp³-hybridized carbons (Fsp3) is 0.455. The first kappa shape index (κ1) is 12.8. The summed E-state index contributed by atoms with van der Waals surface area (Å²) in [6.07, 6.45) is 0.844. The molecule has 0 aliphatic heterocycles. The van der Waals surface area contributed by atoms with Crippen molar-refractivity contribution < 1.29 is 8.42 Å². The molecule has 0 saturated heterocycles. The fourth-order valence-corrected chi connectivity index (χ4v) is 2.28. The number of hydrogen-bond acceptors (Lipinski definition) is 3. The second-order valence-electron chi connectivity index (χ2n) is 3.60. The Morgan fingerprint density at radius 1 is 1.31 bits per heavy atom. The monoisotopic (exact) mass is 242 g/mol. The first-order chi connectivity index (χ1) is 7.42. The fourth-order valence-electron chi connectivity index (χ4n) is 1.45. The average molecular weight is 242 g/mol. The lowest BCUT2D eigenvalue weighted by Crippen LogP contribution is -2.28. The van der Waals surface area contributed by atoms with Gasteiger partial charge in [0.2, 0.25) is 10.0 Å². The van der Waals surface area contributed by atoms with E-state index in [4.69, 9.17) is 5.73 Å². The number of nitrogens with zero attached hydrogens (tertiary/aromatic N) is 1. The van der Waals surface area contributed by atoms with Crippen LogP contribution >= 0.6 is 0 Å². The number of hydrogen-bond donors (Lipinski definition) is 1. The molecule has 0 heterocycles. The molecule has 5 heteroatoms. The van der Waals surface area contributed by atoms with E-state index in [1.54, 1.807) is 26.1 Å². The molecular formula is C11H18N2O2S. The molecule has 16 heavy (non-hydrogen) atoms. The highest BCUT2D eigenvalue weighted by Gasteiger charge is 2.16. The molecule has 0 radical (unpaired) electrons. The largest absolute Gasteiger partial charge is 0.398 e. The van der Waals surface area contributed by atoms with Crippen molar-refractivity contribution in [2.24, 2.45) is 0 Å². The van der Waals surface area contributed by atoms with Crippen molar-refractivity contribution in [2.45, 2.75) is 20.3 Å². The first-order valence-corrected chi connectivity index (χ1v) is 6.88. The molecule has 0 aliphatic carbocycles. The third kappa shape index (κ3) is 2.47. The van der Waals surface area contributed by atoms with Crippen molar-refractivity contribution in [3.8, 4) is 0 Å². The lowest BCUT2D eigenvalue weighted by Gasteiger charge is -2.19. The lowest BCUT2D eigenvalue weighted by molar-refractivity contribution is 0.595. The van der Waals surface area contributed by atoms with Crippen molar-refractivity contribution in [2.75, 3.05) is 22.8 Å². The van der Waals surface area contributed by atoms with E-state index in [0.717, 1.165) is 12.0 Å². The predicted octanol–water partition coefficient (Wildman–Crippen LogP) is 1.62. The molecule has 0 saturated carbocycles. The summed E-state index contributed by atoms with van der Waals surface area (Å²) in [7, 11) is -1.67. The Bertz CT molecular complexity index is 469. The summed E-state index contributed by atoms with van der Waals surface area (Å²) in [5.74, 6) is 0.0823. The van der Waals surface area contributed by atoms with Crippen LogP contribution in [0.5, 0.6) is 0 Å². The van der Waals surface area contributed by atoms with Crippen molar-refractivity contribution in [1.29, 1.82) is 0 Å². The van der Waals surface area contributed by atoms with E-state index in [1.165, 1.54) is 4.31 Å². The van der Waals surface area contributed by atoms with Gasteiger partial charge in [0.1, 0.15) is 0 Å². The highest BCUT2D eigenvalue weighted by atomic mass is 32.2. The van der Waals surface area contributed by atoms with Crippen LogP contribution in [0.2, 0.25) is 0 Å². The highest BCUT2D eigenvalue weighted by molar-refractivity contribution is 7.92. The maximum atomic E-state index is 11.7. The summed E-state index contributed by atoms with van der Waals surface area (Å²) in [6, 6.07) is 5.35. The maximum Gasteiger partial charge on any atom is 0.234 e. The normalized spacial score (nSPS) is 11.4. The van der Waals surface area contributed by atoms with Crippen LogP contribution in [0, 0.1) is 0 Å². The van der Waals surface area contributed by atoms with Crippen LogP contribution in [-0.2, 0) is 16.4 Å². The van der Waals surface area contributed by atoms with Gasteiger partial charge in [-0.05, 0) is 31.0 Å². The molecule has 1 rings (SSSR count). The third-order valence-corrected chi connectivity index (χ3v) is 4.43. The van der Waals surface area contributed by atoms with Gasteiger partial charge in [-0.1, -0.05) is 13.0 Å². The molecule has 4 nitrogen and oxygen atoms in total. The minimum Gasteiger partial charge on any atom is -0.398 e. The molecule has 2 N–H and O–H groups in total. The maximum absolute atomic E-state index is 11.7. The summed E-state index contributed by atoms with van der Waals surface area (Å²) in [4.78, 5) is 0. The number of anilines is 2. The summed E-state index contributed by atoms with van der Waals surface area (Å²) in [6.45, 7) is 3.63. The Kier molecular flexibility index (Phi) is 3.80. The Hall–Kier alpha value is -1.23. The molecular weight excluding hydrogens is 224 g/mol. The summed E-state index contributed by atoms with van der Waals surface area (Å²) >= 11 is 0. The number of rotatable bonds is 4. The molecule has 0 aliphatic rings. The Morgan fingerprint density at radius 2 is 1.94 bits per heavy atom. The summed E-state index contributed by atoms with van der Waals surface area (Å²) < 4.78 is 24.6. The van der Waals surface area contributed by atoms with E-state index in [-0.39, 0.29) is 5.75 Å². The van der Waals surface area contributed by atoms with E-state index >= 15 is 0 Å². The van der Waals surface area contributed by atoms with Crippen molar-refractivity contribution >= 4 is 21.4 Å². The number of sulfonamides is 1. The Labute approximate surface area is 97.1 Å². The average Bonchev–Trinajstić information content (AvgIpc) is 2.27. The molecule has 0 unspecified atom stereocenters. The second kappa shape index (κ2) is 4.74. The second-order valence-corrected chi connectivity index (χ2v) is 5.89. The molecule has 0 atom stereocenters. The quantitative estimate of drug-likeness (QED) is 0.816. The van der Waals surface area contributed by atoms with Crippen LogP contribution in [0.15, 0.2) is 18.2 Å². The van der Waals surface area contributed by atoms with E-state index in [2.05, 4.69) is 0 Å². The summed E-state index contributed by atoms with van der Waals surface area (Å²) in [5, 5.41) is 0. The van der Waals surface area contributed by atoms with Gasteiger partial charge in [0.05, 0.1) is 11.4 Å². The highest BCUT2D eigenvalue weighted by Crippen LogP contribution is 2.22. The predicted molar refractivity (Wildman–Crippen MR) is 68.1 cm³/mol. The van der Waals surface area contributed by atoms with E-state index in [1.807, 2.05) is 13.0 Å². The van der Waals surface area contributed by atoms with E-state index in [9.17, 15) is 8.42 Å². The number of nitrogen functional groups attached to an aromatic ring is 1. The zero-order valence-corrected chi connectivity index (χ0v) is 10.7. The molecule has 1 aromatic carbocycles. The third-order valence-electron chi connectivity index (χ3n) is 2.66. The van der Waals surface area contributed by atoms with Gasteiger partial charge in [0, 0.05) is 12.7 Å². The SMILES string of the molecule is CCc1ccc(N(C)S(=O)(=O)CC)cc1N. The van der Waals surface area contributed by atoms with Crippen molar-refractivity contribution in [3.63, 3.8) is 0 Å². The number of benzene rings is 1. The topological polar surface area (TPSA) is 63.4 Å². The van der Waals surface area contributed by atoms with Gasteiger partial charge >= 0.3 is 0 Å². The molecule has 0 amide bonds. The Balaban J connectivity index is 3.12. The van der Waals surface area contributed by atoms with Crippen LogP contribution in [0.4, 0.5) is 11.4 Å². The van der Waals surface area contributed by atoms with Gasteiger partial charge < -0.3 is 5.73 Å². The molecule has 90 valence electrons. The van der Waals surface area contributed by atoms with Crippen molar-refractivity contribution in [3.05, 3.63) is 23.8 Å². The van der Waals surface area contributed by atoms with Crippen molar-refractivity contribution in [1.82, 2.24) is 0 Å². The standard InChI is InChI=1S/C11H18N2O2S/c1-4-9-6-7-10(8-11(9)12)13(3)16(14,15)5-2/h6-8H,4-5,12H2,1-3H3. The van der Waals surface area contributed by atoms with Crippen LogP contribution < -0.4 is 10.0 Å². The van der Waals surface area contributed by atoms with Crippen LogP contribution in [0.25, 0.3) is 0 Å². The number of aryl methyl sites for hydroxylation is 1. The van der Waals surface area contributed by atoms with Gasteiger partial charge in [0.25, 0.3) is 0 Å². The Morgan fingerprint density at radius 3 is 2.38 bits per heavy atom. The van der Waals surface area contributed by atoms with Crippen LogP contribution in [-0.4, -0.2) is 21.2 Å². The zero-order valence-electron chi connectivity index (χ0n) is 9.90. The van der Waals surface area contributed by atoms with Gasteiger partial charge in [-0.15, -0.1) is 0 Å². The molecule has 0 spiro atoms. The smallest absolute Gasteiger partial charge is 0.234 e. The van der Waals surface area contributed by atoms with Gasteiger partial charge in [0.15, 0.2) is 0 Å². The van der Waals surface area contributed by atoms with Crippen LogP contribution in [0.1, 0.15) is 19.4 Å². The molecule has 1 aromatic rings. The molecule has 0 fully saturated rings.